The van der Waals surface area contributed by atoms with E-state index in [9.17, 15) is 9.50 Å². The highest BCUT2D eigenvalue weighted by Crippen LogP contribution is 2.29. The highest BCUT2D eigenvalue weighted by atomic mass is 19.1. The van der Waals surface area contributed by atoms with E-state index in [-0.39, 0.29) is 5.82 Å². The molecule has 0 amide bonds. The van der Waals surface area contributed by atoms with Gasteiger partial charge in [-0.15, -0.1) is 0 Å². The van der Waals surface area contributed by atoms with Crippen LogP contribution in [0.25, 0.3) is 0 Å². The minimum absolute atomic E-state index is 0.276. The Bertz CT molecular complexity index is 423. The van der Waals surface area contributed by atoms with Gasteiger partial charge in [0.1, 0.15) is 5.82 Å². The molecule has 0 radical (unpaired) electrons. The molecule has 0 aromatic heterocycles. The van der Waals surface area contributed by atoms with Crippen LogP contribution in [0.2, 0.25) is 0 Å². The van der Waals surface area contributed by atoms with Gasteiger partial charge in [-0.05, 0) is 62.3 Å². The summed E-state index contributed by atoms with van der Waals surface area (Å²) in [6, 6.07) is 4.61. The fourth-order valence-corrected chi connectivity index (χ4v) is 2.42. The zero-order valence-electron chi connectivity index (χ0n) is 10.2. The number of hydrogen-bond donors (Lipinski definition) is 1. The monoisotopic (exact) mass is 234 g/mol. The van der Waals surface area contributed by atoms with Gasteiger partial charge in [0.2, 0.25) is 0 Å². The Morgan fingerprint density at radius 1 is 1.35 bits per heavy atom. The van der Waals surface area contributed by atoms with Crippen molar-refractivity contribution in [2.45, 2.75) is 45.1 Å². The lowest BCUT2D eigenvalue weighted by molar-refractivity contribution is 0.175. The van der Waals surface area contributed by atoms with Gasteiger partial charge < -0.3 is 5.11 Å². The van der Waals surface area contributed by atoms with Crippen molar-refractivity contribution in [3.05, 3.63) is 46.8 Å². The largest absolute Gasteiger partial charge is 0.388 e. The number of aryl methyl sites for hydroxylation is 1. The summed E-state index contributed by atoms with van der Waals surface area (Å²) in [4.78, 5) is 0. The fourth-order valence-electron chi connectivity index (χ4n) is 2.42. The molecule has 0 saturated carbocycles. The lowest BCUT2D eigenvalue weighted by Crippen LogP contribution is -2.04. The van der Waals surface area contributed by atoms with Gasteiger partial charge in [0.25, 0.3) is 0 Å². The second-order valence-corrected chi connectivity index (χ2v) is 4.83. The first-order chi connectivity index (χ1) is 8.16. The van der Waals surface area contributed by atoms with Crippen LogP contribution in [-0.2, 0) is 0 Å². The molecule has 0 fully saturated rings. The quantitative estimate of drug-likeness (QED) is 0.782. The molecule has 1 aliphatic rings. The van der Waals surface area contributed by atoms with Crippen molar-refractivity contribution in [1.82, 2.24) is 0 Å². The maximum absolute atomic E-state index is 13.2. The number of allylic oxidation sites excluding steroid dienone is 1. The predicted octanol–water partition coefficient (Wildman–Crippen LogP) is 4.06. The Hall–Kier alpha value is -1.15. The van der Waals surface area contributed by atoms with Crippen molar-refractivity contribution in [3.8, 4) is 0 Å². The highest BCUT2D eigenvalue weighted by molar-refractivity contribution is 5.29. The van der Waals surface area contributed by atoms with Gasteiger partial charge in [0.15, 0.2) is 0 Å². The summed E-state index contributed by atoms with van der Waals surface area (Å²) < 4.78 is 13.2. The zero-order valence-corrected chi connectivity index (χ0v) is 10.2. The molecule has 1 unspecified atom stereocenters. The molecular weight excluding hydrogens is 215 g/mol. The predicted molar refractivity (Wildman–Crippen MR) is 67.3 cm³/mol. The van der Waals surface area contributed by atoms with Crippen LogP contribution in [0, 0.1) is 12.7 Å². The van der Waals surface area contributed by atoms with E-state index in [0.717, 1.165) is 24.0 Å². The number of rotatable bonds is 3. The number of aliphatic hydroxyl groups is 1. The average Bonchev–Trinajstić information content (AvgIpc) is 2.33. The van der Waals surface area contributed by atoms with Crippen LogP contribution in [0.1, 0.15) is 49.3 Å². The Kier molecular flexibility index (Phi) is 3.95. The van der Waals surface area contributed by atoms with E-state index in [1.165, 1.54) is 30.5 Å². The van der Waals surface area contributed by atoms with Crippen molar-refractivity contribution < 1.29 is 9.50 Å². The molecule has 2 heteroatoms. The Balaban J connectivity index is 2.10. The molecule has 1 N–H and O–H groups in total. The van der Waals surface area contributed by atoms with Crippen LogP contribution in [-0.4, -0.2) is 5.11 Å². The third-order valence-electron chi connectivity index (χ3n) is 3.44. The number of halogens is 1. The minimum atomic E-state index is -0.574. The molecular formula is C15H19FO. The van der Waals surface area contributed by atoms with Crippen molar-refractivity contribution in [2.75, 3.05) is 0 Å². The second-order valence-electron chi connectivity index (χ2n) is 4.83. The second kappa shape index (κ2) is 5.46. The van der Waals surface area contributed by atoms with E-state index < -0.39 is 6.10 Å². The smallest absolute Gasteiger partial charge is 0.123 e. The highest BCUT2D eigenvalue weighted by Gasteiger charge is 2.14. The molecule has 1 aromatic rings. The number of aliphatic hydroxyl groups excluding tert-OH is 1. The van der Waals surface area contributed by atoms with E-state index in [1.807, 2.05) is 6.92 Å². The molecule has 0 heterocycles. The topological polar surface area (TPSA) is 20.2 Å². The maximum Gasteiger partial charge on any atom is 0.123 e. The van der Waals surface area contributed by atoms with Crippen LogP contribution in [0.3, 0.4) is 0 Å². The van der Waals surface area contributed by atoms with Gasteiger partial charge >= 0.3 is 0 Å². The van der Waals surface area contributed by atoms with E-state index in [0.29, 0.717) is 6.42 Å². The van der Waals surface area contributed by atoms with E-state index in [1.54, 1.807) is 6.07 Å². The van der Waals surface area contributed by atoms with Crippen molar-refractivity contribution in [1.29, 1.82) is 0 Å². The molecule has 0 aliphatic heterocycles. The molecule has 92 valence electrons. The molecule has 17 heavy (non-hydrogen) atoms. The summed E-state index contributed by atoms with van der Waals surface area (Å²) in [5, 5.41) is 10.2. The van der Waals surface area contributed by atoms with Gasteiger partial charge in [0.05, 0.1) is 6.10 Å². The summed E-state index contributed by atoms with van der Waals surface area (Å²) in [6.07, 6.45) is 6.94. The van der Waals surface area contributed by atoms with Gasteiger partial charge in [-0.2, -0.15) is 0 Å². The van der Waals surface area contributed by atoms with E-state index >= 15 is 0 Å². The van der Waals surface area contributed by atoms with Crippen LogP contribution >= 0.6 is 0 Å². The van der Waals surface area contributed by atoms with E-state index in [2.05, 4.69) is 6.08 Å². The lowest BCUT2D eigenvalue weighted by Gasteiger charge is -2.18. The molecule has 2 rings (SSSR count). The van der Waals surface area contributed by atoms with Crippen molar-refractivity contribution in [2.24, 2.45) is 0 Å². The first-order valence-corrected chi connectivity index (χ1v) is 6.29. The van der Waals surface area contributed by atoms with Gasteiger partial charge in [0, 0.05) is 0 Å². The molecule has 1 nitrogen and oxygen atoms in total. The Labute approximate surface area is 102 Å². The molecule has 0 bridgehead atoms. The van der Waals surface area contributed by atoms with Crippen LogP contribution in [0.4, 0.5) is 4.39 Å². The Morgan fingerprint density at radius 2 is 2.18 bits per heavy atom. The minimum Gasteiger partial charge on any atom is -0.388 e. The summed E-state index contributed by atoms with van der Waals surface area (Å²) in [7, 11) is 0. The van der Waals surface area contributed by atoms with Gasteiger partial charge in [-0.1, -0.05) is 17.7 Å². The zero-order chi connectivity index (χ0) is 12.3. The van der Waals surface area contributed by atoms with Crippen LogP contribution in [0.15, 0.2) is 29.8 Å². The lowest BCUT2D eigenvalue weighted by atomic mass is 9.91. The third kappa shape index (κ3) is 3.16. The summed E-state index contributed by atoms with van der Waals surface area (Å²) >= 11 is 0. The third-order valence-corrected chi connectivity index (χ3v) is 3.44. The fraction of sp³-hybridized carbons (Fsp3) is 0.467. The number of benzene rings is 1. The van der Waals surface area contributed by atoms with Crippen LogP contribution in [0.5, 0.6) is 0 Å². The Morgan fingerprint density at radius 3 is 2.88 bits per heavy atom. The standard InChI is InChI=1S/C15H19FO/c1-11-7-8-13(16)10-14(11)15(17)9-12-5-3-2-4-6-12/h5,7-8,10,15,17H,2-4,6,9H2,1H3. The van der Waals surface area contributed by atoms with Crippen LogP contribution < -0.4 is 0 Å². The number of hydrogen-bond acceptors (Lipinski definition) is 1. The summed E-state index contributed by atoms with van der Waals surface area (Å²) in [5.41, 5.74) is 2.99. The average molecular weight is 234 g/mol. The summed E-state index contributed by atoms with van der Waals surface area (Å²) in [5.74, 6) is -0.276. The molecule has 1 aliphatic carbocycles. The van der Waals surface area contributed by atoms with E-state index in [4.69, 9.17) is 0 Å². The molecule has 1 atom stereocenters. The SMILES string of the molecule is Cc1ccc(F)cc1C(O)CC1=CCCCC1. The first kappa shape index (κ1) is 12.3. The normalized spacial score (nSPS) is 17.7. The van der Waals surface area contributed by atoms with Crippen molar-refractivity contribution >= 4 is 0 Å². The summed E-state index contributed by atoms with van der Waals surface area (Å²) in [6.45, 7) is 1.91. The molecule has 1 aromatic carbocycles. The first-order valence-electron chi connectivity index (χ1n) is 6.29. The van der Waals surface area contributed by atoms with Gasteiger partial charge in [-0.25, -0.2) is 4.39 Å². The maximum atomic E-state index is 13.2. The van der Waals surface area contributed by atoms with Crippen molar-refractivity contribution in [3.63, 3.8) is 0 Å². The molecule has 0 saturated heterocycles. The van der Waals surface area contributed by atoms with Gasteiger partial charge in [-0.3, -0.25) is 0 Å². The molecule has 0 spiro atoms.